The molecular weight excluding hydrogens is 382 g/mol. The number of nitrogens with zero attached hydrogens (tertiary/aromatic N) is 3. The zero-order valence-corrected chi connectivity index (χ0v) is 16.2. The van der Waals surface area contributed by atoms with Crippen molar-refractivity contribution in [2.45, 2.75) is 6.42 Å². The van der Waals surface area contributed by atoms with E-state index in [9.17, 15) is 10.1 Å². The minimum atomic E-state index is -0.508. The van der Waals surface area contributed by atoms with Crippen molar-refractivity contribution in [1.82, 2.24) is 9.97 Å². The summed E-state index contributed by atoms with van der Waals surface area (Å²) in [4.78, 5) is 20.4. The molecule has 0 fully saturated rings. The molecule has 0 amide bonds. The summed E-state index contributed by atoms with van der Waals surface area (Å²) < 4.78 is 10.5. The maximum absolute atomic E-state index is 11.7. The molecule has 0 aliphatic heterocycles. The van der Waals surface area contributed by atoms with Gasteiger partial charge in [0.25, 0.3) is 0 Å². The fourth-order valence-corrected chi connectivity index (χ4v) is 3.27. The summed E-state index contributed by atoms with van der Waals surface area (Å²) in [7, 11) is 3.05. The van der Waals surface area contributed by atoms with E-state index in [1.807, 2.05) is 17.5 Å². The van der Waals surface area contributed by atoms with Crippen molar-refractivity contribution in [3.05, 3.63) is 57.0 Å². The van der Waals surface area contributed by atoms with Gasteiger partial charge in [-0.15, -0.1) is 11.3 Å². The maximum atomic E-state index is 11.7. The second kappa shape index (κ2) is 9.00. The van der Waals surface area contributed by atoms with Crippen molar-refractivity contribution >= 4 is 34.3 Å². The van der Waals surface area contributed by atoms with E-state index >= 15 is 0 Å². The number of nitrogens with one attached hydrogen (secondary N) is 2. The van der Waals surface area contributed by atoms with Gasteiger partial charge in [0, 0.05) is 17.5 Å². The van der Waals surface area contributed by atoms with E-state index in [1.165, 1.54) is 18.3 Å². The summed E-state index contributed by atoms with van der Waals surface area (Å²) in [5.41, 5.74) is 0.293. The largest absolute Gasteiger partial charge is 0.497 e. The molecule has 1 aromatic carbocycles. The fourth-order valence-electron chi connectivity index (χ4n) is 2.56. The molecule has 3 rings (SSSR count). The van der Waals surface area contributed by atoms with Crippen LogP contribution in [0.4, 0.5) is 23.0 Å². The van der Waals surface area contributed by atoms with Crippen molar-refractivity contribution < 1.29 is 14.4 Å². The minimum absolute atomic E-state index is 0.0714. The van der Waals surface area contributed by atoms with Crippen LogP contribution < -0.4 is 20.1 Å². The molecule has 0 spiro atoms. The van der Waals surface area contributed by atoms with Crippen molar-refractivity contribution in [3.63, 3.8) is 0 Å². The van der Waals surface area contributed by atoms with Gasteiger partial charge in [-0.1, -0.05) is 6.07 Å². The second-order valence-electron chi connectivity index (χ2n) is 5.62. The average Bonchev–Trinajstić information content (AvgIpc) is 3.21. The van der Waals surface area contributed by atoms with E-state index in [2.05, 4.69) is 20.6 Å². The predicted molar refractivity (Wildman–Crippen MR) is 108 cm³/mol. The highest BCUT2D eigenvalue weighted by molar-refractivity contribution is 7.09. The third-order valence-electron chi connectivity index (χ3n) is 3.91. The quantitative estimate of drug-likeness (QED) is 0.411. The lowest BCUT2D eigenvalue weighted by Crippen LogP contribution is -2.10. The maximum Gasteiger partial charge on any atom is 0.353 e. The highest BCUT2D eigenvalue weighted by Crippen LogP contribution is 2.35. The molecule has 3 aromatic rings. The molecule has 0 atom stereocenters. The Morgan fingerprint density at radius 1 is 1.18 bits per heavy atom. The van der Waals surface area contributed by atoms with Gasteiger partial charge in [0.05, 0.1) is 24.8 Å². The lowest BCUT2D eigenvalue weighted by molar-refractivity contribution is -0.383. The molecule has 9 nitrogen and oxygen atoms in total. The van der Waals surface area contributed by atoms with Crippen LogP contribution in [0.25, 0.3) is 0 Å². The first-order valence-electron chi connectivity index (χ1n) is 8.37. The van der Waals surface area contributed by atoms with Crippen molar-refractivity contribution in [2.75, 3.05) is 31.4 Å². The number of anilines is 3. The minimum Gasteiger partial charge on any atom is -0.497 e. The van der Waals surface area contributed by atoms with Crippen molar-refractivity contribution in [1.29, 1.82) is 0 Å². The number of methoxy groups -OCH3 is 2. The van der Waals surface area contributed by atoms with Crippen LogP contribution in [0.1, 0.15) is 4.88 Å². The summed E-state index contributed by atoms with van der Waals surface area (Å²) in [5, 5.41) is 19.7. The molecule has 2 heterocycles. The van der Waals surface area contributed by atoms with Gasteiger partial charge < -0.3 is 20.1 Å². The molecule has 2 aromatic heterocycles. The topological polar surface area (TPSA) is 111 Å². The molecule has 0 saturated heterocycles. The normalized spacial score (nSPS) is 10.4. The molecule has 146 valence electrons. The lowest BCUT2D eigenvalue weighted by Gasteiger charge is -2.13. The first-order chi connectivity index (χ1) is 13.6. The van der Waals surface area contributed by atoms with Gasteiger partial charge in [-0.05, 0) is 30.0 Å². The number of thiophene rings is 1. The molecule has 0 bridgehead atoms. The first-order valence-corrected chi connectivity index (χ1v) is 9.25. The molecule has 0 saturated carbocycles. The van der Waals surface area contributed by atoms with Crippen LogP contribution in [0.5, 0.6) is 11.5 Å². The molecular formula is C18H19N5O4S. The van der Waals surface area contributed by atoms with Gasteiger partial charge in [-0.3, -0.25) is 10.1 Å². The summed E-state index contributed by atoms with van der Waals surface area (Å²) in [5.74, 6) is 1.31. The average molecular weight is 401 g/mol. The summed E-state index contributed by atoms with van der Waals surface area (Å²) in [6.45, 7) is 0.518. The molecule has 0 unspecified atom stereocenters. The monoisotopic (exact) mass is 401 g/mol. The van der Waals surface area contributed by atoms with Crippen LogP contribution in [0.15, 0.2) is 42.0 Å². The van der Waals surface area contributed by atoms with E-state index in [4.69, 9.17) is 9.47 Å². The number of rotatable bonds is 9. The summed E-state index contributed by atoms with van der Waals surface area (Å²) >= 11 is 1.64. The number of aromatic nitrogens is 2. The molecule has 0 radical (unpaired) electrons. The summed E-state index contributed by atoms with van der Waals surface area (Å²) in [6.07, 6.45) is 2.02. The van der Waals surface area contributed by atoms with Gasteiger partial charge >= 0.3 is 5.69 Å². The van der Waals surface area contributed by atoms with Crippen LogP contribution in [0.2, 0.25) is 0 Å². The van der Waals surface area contributed by atoms with Crippen LogP contribution in [-0.4, -0.2) is 35.7 Å². The van der Waals surface area contributed by atoms with Crippen LogP contribution in [-0.2, 0) is 6.42 Å². The Hall–Kier alpha value is -3.40. The predicted octanol–water partition coefficient (Wildman–Crippen LogP) is 3.86. The van der Waals surface area contributed by atoms with Crippen LogP contribution >= 0.6 is 11.3 Å². The van der Waals surface area contributed by atoms with Gasteiger partial charge in [0.2, 0.25) is 11.6 Å². The highest BCUT2D eigenvalue weighted by atomic mass is 32.1. The Balaban J connectivity index is 1.84. The van der Waals surface area contributed by atoms with E-state index in [1.54, 1.807) is 36.6 Å². The number of ether oxygens (including phenoxy) is 2. The number of benzene rings is 1. The Morgan fingerprint density at radius 2 is 2.00 bits per heavy atom. The van der Waals surface area contributed by atoms with Gasteiger partial charge in [-0.2, -0.15) is 0 Å². The van der Waals surface area contributed by atoms with Crippen molar-refractivity contribution in [2.24, 2.45) is 0 Å². The Labute approximate surface area is 165 Å². The molecule has 2 N–H and O–H groups in total. The fraction of sp³-hybridized carbons (Fsp3) is 0.222. The van der Waals surface area contributed by atoms with Crippen LogP contribution in [0.3, 0.4) is 0 Å². The number of nitro groups is 1. The molecule has 0 aliphatic carbocycles. The third kappa shape index (κ3) is 4.46. The zero-order chi connectivity index (χ0) is 19.9. The van der Waals surface area contributed by atoms with E-state index in [0.29, 0.717) is 23.7 Å². The third-order valence-corrected chi connectivity index (χ3v) is 4.85. The SMILES string of the molecule is COc1ccc(Nc2ncnc(NCCc3cccs3)c2[N+](=O)[O-])c(OC)c1. The molecule has 10 heteroatoms. The van der Waals surface area contributed by atoms with E-state index in [-0.39, 0.29) is 17.3 Å². The zero-order valence-electron chi connectivity index (χ0n) is 15.3. The van der Waals surface area contributed by atoms with Gasteiger partial charge in [0.15, 0.2) is 0 Å². The Bertz CT molecular complexity index is 949. The van der Waals surface area contributed by atoms with Gasteiger partial charge in [0.1, 0.15) is 17.8 Å². The lowest BCUT2D eigenvalue weighted by atomic mass is 10.2. The molecule has 0 aliphatic rings. The standard InChI is InChI=1S/C18H19N5O4S/c1-26-12-5-6-14(15(10-12)27-2)22-18-16(23(24)25)17(20-11-21-18)19-8-7-13-4-3-9-28-13/h3-6,9-11H,7-8H2,1-2H3,(H2,19,20,21,22). The number of hydrogen-bond donors (Lipinski definition) is 2. The van der Waals surface area contributed by atoms with E-state index < -0.39 is 4.92 Å². The highest BCUT2D eigenvalue weighted by Gasteiger charge is 2.23. The number of hydrogen-bond acceptors (Lipinski definition) is 9. The molecule has 28 heavy (non-hydrogen) atoms. The van der Waals surface area contributed by atoms with Crippen LogP contribution in [0, 0.1) is 10.1 Å². The smallest absolute Gasteiger partial charge is 0.353 e. The Kier molecular flexibility index (Phi) is 6.22. The van der Waals surface area contributed by atoms with Crippen molar-refractivity contribution in [3.8, 4) is 11.5 Å². The second-order valence-corrected chi connectivity index (χ2v) is 6.66. The first kappa shape index (κ1) is 19.4. The summed E-state index contributed by atoms with van der Waals surface area (Å²) in [6, 6.07) is 9.09. The van der Waals surface area contributed by atoms with Gasteiger partial charge in [-0.25, -0.2) is 9.97 Å². The van der Waals surface area contributed by atoms with E-state index in [0.717, 1.165) is 6.42 Å². The Morgan fingerprint density at radius 3 is 2.68 bits per heavy atom.